The van der Waals surface area contributed by atoms with Gasteiger partial charge in [-0.05, 0) is 37.0 Å². The van der Waals surface area contributed by atoms with Gasteiger partial charge in [-0.2, -0.15) is 0 Å². The molecule has 0 saturated carbocycles. The second-order valence-corrected chi connectivity index (χ2v) is 5.98. The monoisotopic (exact) mass is 277 g/mol. The molecule has 1 aromatic heterocycles. The van der Waals surface area contributed by atoms with E-state index in [4.69, 9.17) is 10.5 Å². The highest BCUT2D eigenvalue weighted by atomic mass is 32.1. The minimum absolute atomic E-state index is 0.144. The van der Waals surface area contributed by atoms with Crippen LogP contribution in [0.5, 0.6) is 5.75 Å². The standard InChI is InChI=1S/C14H19N3OS/c1-8(2)11-6-5-9(3)7-12(11)18-10(4)13-16-17-14(15)19-13/h5-8,10H,1-4H3,(H2,15,17). The molecule has 2 rings (SSSR count). The predicted octanol–water partition coefficient (Wildman–Crippen LogP) is 3.69. The van der Waals surface area contributed by atoms with Gasteiger partial charge in [0.25, 0.3) is 0 Å². The van der Waals surface area contributed by atoms with Crippen molar-refractivity contribution in [2.45, 2.75) is 39.7 Å². The summed E-state index contributed by atoms with van der Waals surface area (Å²) in [5, 5.41) is 9.12. The van der Waals surface area contributed by atoms with E-state index in [2.05, 4.69) is 49.2 Å². The summed E-state index contributed by atoms with van der Waals surface area (Å²) in [6.07, 6.45) is -0.144. The quantitative estimate of drug-likeness (QED) is 0.925. The number of anilines is 1. The number of nitrogen functional groups attached to an aromatic ring is 1. The number of hydrogen-bond acceptors (Lipinski definition) is 5. The molecule has 1 unspecified atom stereocenters. The van der Waals surface area contributed by atoms with E-state index >= 15 is 0 Å². The largest absolute Gasteiger partial charge is 0.483 e. The lowest BCUT2D eigenvalue weighted by Gasteiger charge is -2.18. The minimum Gasteiger partial charge on any atom is -0.483 e. The molecule has 102 valence electrons. The molecule has 1 heterocycles. The molecule has 0 fully saturated rings. The Morgan fingerprint density at radius 2 is 1.95 bits per heavy atom. The molecular formula is C14H19N3OS. The summed E-state index contributed by atoms with van der Waals surface area (Å²) >= 11 is 1.36. The molecule has 4 nitrogen and oxygen atoms in total. The first-order valence-electron chi connectivity index (χ1n) is 6.33. The lowest BCUT2D eigenvalue weighted by molar-refractivity contribution is 0.222. The van der Waals surface area contributed by atoms with Crippen molar-refractivity contribution in [3.63, 3.8) is 0 Å². The highest BCUT2D eigenvalue weighted by Crippen LogP contribution is 2.32. The second-order valence-electron chi connectivity index (χ2n) is 4.93. The Balaban J connectivity index is 2.25. The summed E-state index contributed by atoms with van der Waals surface area (Å²) in [7, 11) is 0. The second kappa shape index (κ2) is 5.57. The number of aryl methyl sites for hydroxylation is 1. The van der Waals surface area contributed by atoms with Gasteiger partial charge in [0, 0.05) is 0 Å². The lowest BCUT2D eigenvalue weighted by atomic mass is 10.0. The van der Waals surface area contributed by atoms with Crippen LogP contribution in [0.2, 0.25) is 0 Å². The Morgan fingerprint density at radius 3 is 2.53 bits per heavy atom. The molecule has 0 amide bonds. The first-order valence-corrected chi connectivity index (χ1v) is 7.15. The van der Waals surface area contributed by atoms with Gasteiger partial charge in [0.05, 0.1) is 0 Å². The first kappa shape index (κ1) is 13.8. The average molecular weight is 277 g/mol. The van der Waals surface area contributed by atoms with Crippen LogP contribution in [0.1, 0.15) is 48.9 Å². The van der Waals surface area contributed by atoms with E-state index in [1.54, 1.807) is 0 Å². The van der Waals surface area contributed by atoms with E-state index in [1.807, 2.05) is 6.92 Å². The van der Waals surface area contributed by atoms with Crippen LogP contribution in [0.4, 0.5) is 5.13 Å². The first-order chi connectivity index (χ1) is 8.97. The van der Waals surface area contributed by atoms with Crippen molar-refractivity contribution in [2.75, 3.05) is 5.73 Å². The molecule has 0 aliphatic heterocycles. The Hall–Kier alpha value is -1.62. The molecule has 2 aromatic rings. The lowest BCUT2D eigenvalue weighted by Crippen LogP contribution is -2.05. The fourth-order valence-corrected chi connectivity index (χ4v) is 2.46. The number of aromatic nitrogens is 2. The van der Waals surface area contributed by atoms with Gasteiger partial charge in [0.2, 0.25) is 5.13 Å². The Morgan fingerprint density at radius 1 is 1.21 bits per heavy atom. The molecule has 1 aromatic carbocycles. The third kappa shape index (κ3) is 3.23. The fraction of sp³-hybridized carbons (Fsp3) is 0.429. The molecule has 0 aliphatic rings. The van der Waals surface area contributed by atoms with Crippen LogP contribution in [0.3, 0.4) is 0 Å². The van der Waals surface area contributed by atoms with Crippen LogP contribution < -0.4 is 10.5 Å². The maximum Gasteiger partial charge on any atom is 0.203 e. The van der Waals surface area contributed by atoms with Gasteiger partial charge in [-0.1, -0.05) is 37.3 Å². The third-order valence-electron chi connectivity index (χ3n) is 2.90. The fourth-order valence-electron chi connectivity index (χ4n) is 1.87. The summed E-state index contributed by atoms with van der Waals surface area (Å²) in [5.41, 5.74) is 7.99. The van der Waals surface area contributed by atoms with Crippen molar-refractivity contribution in [3.05, 3.63) is 34.3 Å². The van der Waals surface area contributed by atoms with Gasteiger partial charge in [-0.3, -0.25) is 0 Å². The molecule has 0 radical (unpaired) electrons. The molecular weight excluding hydrogens is 258 g/mol. The van der Waals surface area contributed by atoms with Crippen molar-refractivity contribution >= 4 is 16.5 Å². The maximum absolute atomic E-state index is 6.04. The summed E-state index contributed by atoms with van der Waals surface area (Å²) in [5.74, 6) is 1.33. The maximum atomic E-state index is 6.04. The topological polar surface area (TPSA) is 61.0 Å². The highest BCUT2D eigenvalue weighted by Gasteiger charge is 2.16. The van der Waals surface area contributed by atoms with Crippen molar-refractivity contribution in [3.8, 4) is 5.75 Å². The van der Waals surface area contributed by atoms with E-state index in [9.17, 15) is 0 Å². The van der Waals surface area contributed by atoms with Gasteiger partial charge in [-0.15, -0.1) is 10.2 Å². The SMILES string of the molecule is Cc1ccc(C(C)C)c(OC(C)c2nnc(N)s2)c1. The molecule has 19 heavy (non-hydrogen) atoms. The molecule has 2 N–H and O–H groups in total. The third-order valence-corrected chi connectivity index (χ3v) is 3.81. The average Bonchev–Trinajstić information content (AvgIpc) is 2.75. The number of ether oxygens (including phenoxy) is 1. The number of nitrogens with zero attached hydrogens (tertiary/aromatic N) is 2. The summed E-state index contributed by atoms with van der Waals surface area (Å²) in [4.78, 5) is 0. The van der Waals surface area contributed by atoms with Crippen molar-refractivity contribution in [1.82, 2.24) is 10.2 Å². The Kier molecular flexibility index (Phi) is 4.04. The van der Waals surface area contributed by atoms with Gasteiger partial charge in [-0.25, -0.2) is 0 Å². The van der Waals surface area contributed by atoms with Gasteiger partial charge in [0.15, 0.2) is 5.01 Å². The van der Waals surface area contributed by atoms with E-state index < -0.39 is 0 Å². The number of benzene rings is 1. The van der Waals surface area contributed by atoms with Crippen molar-refractivity contribution in [1.29, 1.82) is 0 Å². The smallest absolute Gasteiger partial charge is 0.203 e. The van der Waals surface area contributed by atoms with Crippen LogP contribution >= 0.6 is 11.3 Å². The van der Waals surface area contributed by atoms with Crippen LogP contribution in [0.15, 0.2) is 18.2 Å². The summed E-state index contributed by atoms with van der Waals surface area (Å²) < 4.78 is 6.04. The number of hydrogen-bond donors (Lipinski definition) is 1. The van der Waals surface area contributed by atoms with Gasteiger partial charge >= 0.3 is 0 Å². The van der Waals surface area contributed by atoms with E-state index in [-0.39, 0.29) is 6.10 Å². The van der Waals surface area contributed by atoms with Crippen LogP contribution in [-0.4, -0.2) is 10.2 Å². The highest BCUT2D eigenvalue weighted by molar-refractivity contribution is 7.15. The van der Waals surface area contributed by atoms with Crippen LogP contribution in [0, 0.1) is 6.92 Å². The zero-order chi connectivity index (χ0) is 14.0. The van der Waals surface area contributed by atoms with Crippen LogP contribution in [0.25, 0.3) is 0 Å². The molecule has 0 spiro atoms. The number of nitrogens with two attached hydrogens (primary N) is 1. The molecule has 0 bridgehead atoms. The van der Waals surface area contributed by atoms with Gasteiger partial charge in [0.1, 0.15) is 11.9 Å². The van der Waals surface area contributed by atoms with E-state index in [1.165, 1.54) is 22.5 Å². The van der Waals surface area contributed by atoms with Crippen molar-refractivity contribution < 1.29 is 4.74 Å². The molecule has 1 atom stereocenters. The van der Waals surface area contributed by atoms with Crippen LogP contribution in [-0.2, 0) is 0 Å². The zero-order valence-corrected chi connectivity index (χ0v) is 12.5. The summed E-state index contributed by atoms with van der Waals surface area (Å²) in [6.45, 7) is 8.34. The molecule has 5 heteroatoms. The van der Waals surface area contributed by atoms with Gasteiger partial charge < -0.3 is 10.5 Å². The normalized spacial score (nSPS) is 12.7. The molecule has 0 saturated heterocycles. The van der Waals surface area contributed by atoms with E-state index in [0.717, 1.165) is 10.8 Å². The van der Waals surface area contributed by atoms with E-state index in [0.29, 0.717) is 11.0 Å². The predicted molar refractivity (Wildman–Crippen MR) is 78.6 cm³/mol. The van der Waals surface area contributed by atoms with Crippen molar-refractivity contribution in [2.24, 2.45) is 0 Å². The Labute approximate surface area is 117 Å². The summed E-state index contributed by atoms with van der Waals surface area (Å²) in [6, 6.07) is 6.29. The number of rotatable bonds is 4. The minimum atomic E-state index is -0.144. The zero-order valence-electron chi connectivity index (χ0n) is 11.7. The molecule has 0 aliphatic carbocycles. The Bertz CT molecular complexity index is 566.